The summed E-state index contributed by atoms with van der Waals surface area (Å²) in [5.74, 6) is -7.26. The minimum atomic E-state index is -5.91. The lowest BCUT2D eigenvalue weighted by atomic mass is 9.99. The number of hydrogen-bond donors (Lipinski definition) is 0. The second kappa shape index (κ2) is 6.62. The molecule has 0 aliphatic heterocycles. The highest BCUT2D eigenvalue weighted by Gasteiger charge is 2.63. The third-order valence-corrected chi connectivity index (χ3v) is 3.11. The number of aryl methyl sites for hydroxylation is 2. The molecule has 0 unspecified atom stereocenters. The number of carbonyl (C=O) groups is 1. The van der Waals surface area contributed by atoms with Gasteiger partial charge in [0.05, 0.1) is 6.61 Å². The van der Waals surface area contributed by atoms with Gasteiger partial charge in [0.2, 0.25) is 5.78 Å². The Morgan fingerprint density at radius 3 is 2.00 bits per heavy atom. The Hall–Kier alpha value is -1.66. The van der Waals surface area contributed by atoms with Gasteiger partial charge in [-0.2, -0.15) is 22.0 Å². The Balaban J connectivity index is 3.11. The summed E-state index contributed by atoms with van der Waals surface area (Å²) in [5, 5.41) is 0. The van der Waals surface area contributed by atoms with Crippen molar-refractivity contribution in [2.24, 2.45) is 0 Å². The van der Waals surface area contributed by atoms with Crippen molar-refractivity contribution in [2.75, 3.05) is 6.61 Å². The Bertz CT molecular complexity index is 526. The smallest absolute Gasteiger partial charge is 0.461 e. The predicted octanol–water partition coefficient (Wildman–Crippen LogP) is 4.86. The molecule has 1 aromatic carbocycles. The molecule has 0 amide bonds. The van der Waals surface area contributed by atoms with Gasteiger partial charge >= 0.3 is 12.1 Å². The van der Waals surface area contributed by atoms with Crippen LogP contribution < -0.4 is 4.74 Å². The van der Waals surface area contributed by atoms with Crippen molar-refractivity contribution < 1.29 is 31.5 Å². The monoisotopic (exact) mass is 324 g/mol. The lowest BCUT2D eigenvalue weighted by Gasteiger charge is -2.19. The summed E-state index contributed by atoms with van der Waals surface area (Å²) < 4.78 is 68.5. The van der Waals surface area contributed by atoms with E-state index in [1.165, 1.54) is 13.8 Å². The van der Waals surface area contributed by atoms with Gasteiger partial charge in [-0.15, -0.1) is 0 Å². The Labute approximate surface area is 125 Å². The molecule has 1 aromatic rings. The molecule has 0 radical (unpaired) electrons. The van der Waals surface area contributed by atoms with Crippen LogP contribution in [-0.4, -0.2) is 24.5 Å². The summed E-state index contributed by atoms with van der Waals surface area (Å²) in [4.78, 5) is 11.5. The van der Waals surface area contributed by atoms with E-state index >= 15 is 0 Å². The fourth-order valence-electron chi connectivity index (χ4n) is 1.94. The van der Waals surface area contributed by atoms with E-state index in [9.17, 15) is 26.7 Å². The van der Waals surface area contributed by atoms with Crippen LogP contribution in [0.1, 0.15) is 41.3 Å². The van der Waals surface area contributed by atoms with E-state index in [0.29, 0.717) is 23.5 Å². The summed E-state index contributed by atoms with van der Waals surface area (Å²) >= 11 is 0. The van der Waals surface area contributed by atoms with Gasteiger partial charge in [-0.25, -0.2) is 0 Å². The van der Waals surface area contributed by atoms with Crippen molar-refractivity contribution in [1.82, 2.24) is 0 Å². The maximum Gasteiger partial charge on any atom is 0.461 e. The van der Waals surface area contributed by atoms with E-state index in [1.54, 1.807) is 0 Å². The third kappa shape index (κ3) is 3.75. The highest BCUT2D eigenvalue weighted by Crippen LogP contribution is 2.39. The maximum absolute atomic E-state index is 13.1. The van der Waals surface area contributed by atoms with E-state index < -0.39 is 23.4 Å². The van der Waals surface area contributed by atoms with Crippen LogP contribution in [0, 0.1) is 13.8 Å². The van der Waals surface area contributed by atoms with Crippen LogP contribution >= 0.6 is 0 Å². The molecule has 0 heterocycles. The summed E-state index contributed by atoms with van der Waals surface area (Å²) in [6.07, 6.45) is -4.24. The Morgan fingerprint density at radius 1 is 1.09 bits per heavy atom. The number of hydrogen-bond acceptors (Lipinski definition) is 2. The van der Waals surface area contributed by atoms with Gasteiger partial charge in [0.15, 0.2) is 0 Å². The van der Waals surface area contributed by atoms with Gasteiger partial charge in [0.25, 0.3) is 0 Å². The summed E-state index contributed by atoms with van der Waals surface area (Å²) in [7, 11) is 0. The molecular weight excluding hydrogens is 307 g/mol. The summed E-state index contributed by atoms with van der Waals surface area (Å²) in [5.41, 5.74) is 0.00928. The van der Waals surface area contributed by atoms with Crippen LogP contribution in [0.3, 0.4) is 0 Å². The SMILES string of the molecule is CCCCOc1c(C)cc(C(=O)C(F)(F)C(F)(F)F)cc1C. The first-order valence-corrected chi connectivity index (χ1v) is 6.75. The average molecular weight is 324 g/mol. The number of Topliss-reactive ketones (excluding diaryl/α,β-unsaturated/α-hetero) is 1. The molecule has 0 aliphatic carbocycles. The second-order valence-corrected chi connectivity index (χ2v) is 5.04. The van der Waals surface area contributed by atoms with E-state index in [2.05, 4.69) is 0 Å². The van der Waals surface area contributed by atoms with Crippen molar-refractivity contribution in [3.8, 4) is 5.75 Å². The van der Waals surface area contributed by atoms with Crippen LogP contribution in [0.15, 0.2) is 12.1 Å². The Morgan fingerprint density at radius 2 is 1.59 bits per heavy atom. The summed E-state index contributed by atoms with van der Waals surface area (Å²) in [6, 6.07) is 1.99. The quantitative estimate of drug-likeness (QED) is 0.424. The number of benzene rings is 1. The van der Waals surface area contributed by atoms with Crippen LogP contribution in [0.2, 0.25) is 0 Å². The zero-order valence-corrected chi connectivity index (χ0v) is 12.5. The third-order valence-electron chi connectivity index (χ3n) is 3.11. The van der Waals surface area contributed by atoms with Crippen LogP contribution in [0.5, 0.6) is 5.75 Å². The first-order valence-electron chi connectivity index (χ1n) is 6.75. The molecule has 1 rings (SSSR count). The van der Waals surface area contributed by atoms with Crippen molar-refractivity contribution >= 4 is 5.78 Å². The molecule has 0 saturated carbocycles. The minimum absolute atomic E-state index is 0.345. The molecule has 0 atom stereocenters. The predicted molar refractivity (Wildman–Crippen MR) is 71.7 cm³/mol. The first kappa shape index (κ1) is 18.4. The molecule has 0 saturated heterocycles. The number of unbranched alkanes of at least 4 members (excludes halogenated alkanes) is 1. The van der Waals surface area contributed by atoms with Crippen LogP contribution in [-0.2, 0) is 0 Å². The Kier molecular flexibility index (Phi) is 5.54. The second-order valence-electron chi connectivity index (χ2n) is 5.04. The highest BCUT2D eigenvalue weighted by atomic mass is 19.4. The van der Waals surface area contributed by atoms with Crippen molar-refractivity contribution in [1.29, 1.82) is 0 Å². The van der Waals surface area contributed by atoms with Crippen LogP contribution in [0.4, 0.5) is 22.0 Å². The number of alkyl halides is 5. The molecule has 2 nitrogen and oxygen atoms in total. The van der Waals surface area contributed by atoms with Gasteiger partial charge in [-0.1, -0.05) is 13.3 Å². The van der Waals surface area contributed by atoms with Crippen molar-refractivity contribution in [3.05, 3.63) is 28.8 Å². The number of ketones is 1. The number of carbonyl (C=O) groups excluding carboxylic acids is 1. The lowest BCUT2D eigenvalue weighted by molar-refractivity contribution is -0.255. The zero-order chi connectivity index (χ0) is 17.1. The zero-order valence-electron chi connectivity index (χ0n) is 12.5. The molecular formula is C15H17F5O2. The fraction of sp³-hybridized carbons (Fsp3) is 0.533. The van der Waals surface area contributed by atoms with E-state index in [1.807, 2.05) is 6.92 Å². The van der Waals surface area contributed by atoms with E-state index in [4.69, 9.17) is 4.74 Å². The normalized spacial score (nSPS) is 12.4. The van der Waals surface area contributed by atoms with Crippen molar-refractivity contribution in [2.45, 2.75) is 45.7 Å². The highest BCUT2D eigenvalue weighted by molar-refractivity contribution is 6.02. The molecule has 0 N–H and O–H groups in total. The average Bonchev–Trinajstić information content (AvgIpc) is 2.39. The van der Waals surface area contributed by atoms with Gasteiger partial charge in [-0.3, -0.25) is 4.79 Å². The standard InChI is InChI=1S/C15H17F5O2/c1-4-5-6-22-12-9(2)7-11(8-10(12)3)13(21)14(16,17)15(18,19)20/h7-8H,4-6H2,1-3H3. The van der Waals surface area contributed by atoms with Crippen LogP contribution in [0.25, 0.3) is 0 Å². The fourth-order valence-corrected chi connectivity index (χ4v) is 1.94. The maximum atomic E-state index is 13.1. The first-order chi connectivity index (χ1) is 10.0. The van der Waals surface area contributed by atoms with Gasteiger partial charge in [-0.05, 0) is 43.5 Å². The topological polar surface area (TPSA) is 26.3 Å². The number of ether oxygens (including phenoxy) is 1. The molecule has 0 aromatic heterocycles. The molecule has 7 heteroatoms. The van der Waals surface area contributed by atoms with E-state index in [0.717, 1.165) is 25.0 Å². The van der Waals surface area contributed by atoms with E-state index in [-0.39, 0.29) is 0 Å². The minimum Gasteiger partial charge on any atom is -0.493 e. The lowest BCUT2D eigenvalue weighted by Crippen LogP contribution is -2.44. The van der Waals surface area contributed by atoms with Crippen molar-refractivity contribution in [3.63, 3.8) is 0 Å². The van der Waals surface area contributed by atoms with Gasteiger partial charge < -0.3 is 4.74 Å². The summed E-state index contributed by atoms with van der Waals surface area (Å²) in [6.45, 7) is 5.36. The molecule has 124 valence electrons. The molecule has 0 spiro atoms. The molecule has 0 aliphatic rings. The molecule has 0 bridgehead atoms. The molecule has 0 fully saturated rings. The number of halogens is 5. The largest absolute Gasteiger partial charge is 0.493 e. The molecule has 22 heavy (non-hydrogen) atoms. The van der Waals surface area contributed by atoms with Gasteiger partial charge in [0.1, 0.15) is 5.75 Å². The number of rotatable bonds is 6. The van der Waals surface area contributed by atoms with Gasteiger partial charge in [0, 0.05) is 5.56 Å².